The molecule has 122 valence electrons. The lowest BCUT2D eigenvalue weighted by atomic mass is 10.0. The van der Waals surface area contributed by atoms with E-state index in [1.807, 2.05) is 13.0 Å². The second kappa shape index (κ2) is 6.36. The molecule has 1 saturated heterocycles. The van der Waals surface area contributed by atoms with E-state index >= 15 is 0 Å². The van der Waals surface area contributed by atoms with Crippen LogP contribution in [-0.4, -0.2) is 51.5 Å². The zero-order chi connectivity index (χ0) is 16.4. The number of esters is 1. The Kier molecular flexibility index (Phi) is 4.27. The molecule has 0 radical (unpaired) electrons. The molecule has 23 heavy (non-hydrogen) atoms. The van der Waals surface area contributed by atoms with E-state index in [4.69, 9.17) is 4.74 Å². The van der Waals surface area contributed by atoms with Gasteiger partial charge < -0.3 is 9.64 Å². The Morgan fingerprint density at radius 1 is 1.35 bits per heavy atom. The molecule has 7 nitrogen and oxygen atoms in total. The summed E-state index contributed by atoms with van der Waals surface area (Å²) >= 11 is 0. The molecule has 1 amide bonds. The fraction of sp³-hybridized carbons (Fsp3) is 0.500. The second-order valence-corrected chi connectivity index (χ2v) is 5.64. The number of carbonyl (C=O) groups is 2. The number of carbonyl (C=O) groups excluding carboxylic acids is 2. The van der Waals surface area contributed by atoms with E-state index < -0.39 is 6.04 Å². The lowest BCUT2D eigenvalue weighted by Crippen LogP contribution is -2.48. The van der Waals surface area contributed by atoms with Gasteiger partial charge in [-0.25, -0.2) is 9.48 Å². The SMILES string of the molecule is CCn1nnc2cc(C(=O)N3CCCCC3C(=O)OC)ccc21. The molecule has 2 heterocycles. The van der Waals surface area contributed by atoms with Crippen LogP contribution in [0.2, 0.25) is 0 Å². The standard InChI is InChI=1S/C16H20N4O3/c1-3-20-13-8-7-11(10-12(13)17-18-20)15(21)19-9-5-4-6-14(19)16(22)23-2/h7-8,10,14H,3-6,9H2,1-2H3. The quantitative estimate of drug-likeness (QED) is 0.804. The van der Waals surface area contributed by atoms with Gasteiger partial charge in [0.15, 0.2) is 0 Å². The van der Waals surface area contributed by atoms with Gasteiger partial charge in [-0.15, -0.1) is 5.10 Å². The van der Waals surface area contributed by atoms with Gasteiger partial charge in [-0.2, -0.15) is 0 Å². The number of hydrogen-bond donors (Lipinski definition) is 0. The van der Waals surface area contributed by atoms with Crippen LogP contribution in [-0.2, 0) is 16.1 Å². The van der Waals surface area contributed by atoms with Gasteiger partial charge in [0.05, 0.1) is 12.6 Å². The third kappa shape index (κ3) is 2.78. The number of piperidine rings is 1. The third-order valence-electron chi connectivity index (χ3n) is 4.30. The largest absolute Gasteiger partial charge is 0.467 e. The molecule has 0 N–H and O–H groups in total. The molecule has 1 aromatic heterocycles. The lowest BCUT2D eigenvalue weighted by molar-refractivity contribution is -0.147. The molecular formula is C16H20N4O3. The molecule has 3 rings (SSSR count). The molecule has 1 fully saturated rings. The van der Waals surface area contributed by atoms with E-state index in [-0.39, 0.29) is 11.9 Å². The van der Waals surface area contributed by atoms with Crippen molar-refractivity contribution in [2.75, 3.05) is 13.7 Å². The van der Waals surface area contributed by atoms with E-state index in [0.717, 1.165) is 24.9 Å². The Labute approximate surface area is 134 Å². The normalized spacial score (nSPS) is 18.2. The van der Waals surface area contributed by atoms with Crippen molar-refractivity contribution in [1.82, 2.24) is 19.9 Å². The Bertz CT molecular complexity index is 740. The fourth-order valence-corrected chi connectivity index (χ4v) is 3.06. The summed E-state index contributed by atoms with van der Waals surface area (Å²) < 4.78 is 6.62. The molecule has 1 aliphatic rings. The van der Waals surface area contributed by atoms with Crippen molar-refractivity contribution >= 4 is 22.9 Å². The summed E-state index contributed by atoms with van der Waals surface area (Å²) in [6, 6.07) is 4.86. The number of amides is 1. The van der Waals surface area contributed by atoms with Crippen LogP contribution in [0.1, 0.15) is 36.5 Å². The smallest absolute Gasteiger partial charge is 0.328 e. The maximum Gasteiger partial charge on any atom is 0.328 e. The summed E-state index contributed by atoms with van der Waals surface area (Å²) in [7, 11) is 1.36. The van der Waals surface area contributed by atoms with Crippen LogP contribution in [0.25, 0.3) is 11.0 Å². The van der Waals surface area contributed by atoms with E-state index in [9.17, 15) is 9.59 Å². The van der Waals surface area contributed by atoms with Crippen LogP contribution in [0, 0.1) is 0 Å². The molecule has 1 atom stereocenters. The topological polar surface area (TPSA) is 77.3 Å². The Balaban J connectivity index is 1.90. The van der Waals surface area contributed by atoms with Crippen LogP contribution in [0.5, 0.6) is 0 Å². The maximum absolute atomic E-state index is 12.8. The number of benzene rings is 1. The monoisotopic (exact) mass is 316 g/mol. The zero-order valence-electron chi connectivity index (χ0n) is 13.4. The molecule has 0 bridgehead atoms. The highest BCUT2D eigenvalue weighted by atomic mass is 16.5. The van der Waals surface area contributed by atoms with E-state index in [2.05, 4.69) is 10.3 Å². The van der Waals surface area contributed by atoms with Gasteiger partial charge in [-0.3, -0.25) is 4.79 Å². The Hall–Kier alpha value is -2.44. The number of aryl methyl sites for hydroxylation is 1. The maximum atomic E-state index is 12.8. The van der Waals surface area contributed by atoms with Crippen molar-refractivity contribution in [2.24, 2.45) is 0 Å². The van der Waals surface area contributed by atoms with Gasteiger partial charge in [0.1, 0.15) is 11.6 Å². The van der Waals surface area contributed by atoms with Gasteiger partial charge in [0.2, 0.25) is 0 Å². The van der Waals surface area contributed by atoms with Crippen LogP contribution >= 0.6 is 0 Å². The highest BCUT2D eigenvalue weighted by Crippen LogP contribution is 2.22. The fourth-order valence-electron chi connectivity index (χ4n) is 3.06. The van der Waals surface area contributed by atoms with Crippen molar-refractivity contribution in [3.63, 3.8) is 0 Å². The van der Waals surface area contributed by atoms with Gasteiger partial charge in [-0.05, 0) is 44.4 Å². The highest BCUT2D eigenvalue weighted by molar-refractivity contribution is 5.99. The molecule has 0 saturated carbocycles. The number of aromatic nitrogens is 3. The first kappa shape index (κ1) is 15.5. The van der Waals surface area contributed by atoms with Crippen LogP contribution in [0.4, 0.5) is 0 Å². The number of fused-ring (bicyclic) bond motifs is 1. The summed E-state index contributed by atoms with van der Waals surface area (Å²) in [5.74, 6) is -0.510. The van der Waals surface area contributed by atoms with Crippen molar-refractivity contribution in [3.8, 4) is 0 Å². The highest BCUT2D eigenvalue weighted by Gasteiger charge is 2.33. The minimum Gasteiger partial charge on any atom is -0.467 e. The van der Waals surface area contributed by atoms with E-state index in [0.29, 0.717) is 24.0 Å². The van der Waals surface area contributed by atoms with Crippen molar-refractivity contribution in [1.29, 1.82) is 0 Å². The van der Waals surface area contributed by atoms with Crippen molar-refractivity contribution < 1.29 is 14.3 Å². The molecule has 2 aromatic rings. The van der Waals surface area contributed by atoms with Gasteiger partial charge in [0.25, 0.3) is 5.91 Å². The van der Waals surface area contributed by atoms with E-state index in [1.54, 1.807) is 21.7 Å². The summed E-state index contributed by atoms with van der Waals surface area (Å²) in [5, 5.41) is 8.15. The van der Waals surface area contributed by atoms with E-state index in [1.165, 1.54) is 7.11 Å². The lowest BCUT2D eigenvalue weighted by Gasteiger charge is -2.33. The summed E-state index contributed by atoms with van der Waals surface area (Å²) in [5.41, 5.74) is 2.10. The Morgan fingerprint density at radius 2 is 2.17 bits per heavy atom. The second-order valence-electron chi connectivity index (χ2n) is 5.64. The minimum absolute atomic E-state index is 0.159. The number of rotatable bonds is 3. The zero-order valence-corrected chi connectivity index (χ0v) is 13.4. The van der Waals surface area contributed by atoms with Crippen molar-refractivity contribution in [2.45, 2.75) is 38.8 Å². The van der Waals surface area contributed by atoms with Crippen LogP contribution in [0.3, 0.4) is 0 Å². The number of ether oxygens (including phenoxy) is 1. The molecule has 1 aromatic carbocycles. The molecule has 7 heteroatoms. The first-order valence-electron chi connectivity index (χ1n) is 7.87. The number of nitrogens with zero attached hydrogens (tertiary/aromatic N) is 4. The summed E-state index contributed by atoms with van der Waals surface area (Å²) in [4.78, 5) is 26.4. The average molecular weight is 316 g/mol. The van der Waals surface area contributed by atoms with Crippen LogP contribution < -0.4 is 0 Å². The summed E-state index contributed by atoms with van der Waals surface area (Å²) in [6.07, 6.45) is 2.47. The van der Waals surface area contributed by atoms with Crippen molar-refractivity contribution in [3.05, 3.63) is 23.8 Å². The molecule has 0 aliphatic carbocycles. The summed E-state index contributed by atoms with van der Waals surface area (Å²) in [6.45, 7) is 3.28. The van der Waals surface area contributed by atoms with Gasteiger partial charge in [0, 0.05) is 18.7 Å². The predicted octanol–water partition coefficient (Wildman–Crippen LogP) is 1.62. The average Bonchev–Trinajstić information content (AvgIpc) is 3.02. The first-order chi connectivity index (χ1) is 11.2. The third-order valence-corrected chi connectivity index (χ3v) is 4.30. The number of likely N-dealkylation sites (tertiary alicyclic amines) is 1. The molecule has 0 spiro atoms. The number of hydrogen-bond acceptors (Lipinski definition) is 5. The van der Waals surface area contributed by atoms with Gasteiger partial charge >= 0.3 is 5.97 Å². The molecular weight excluding hydrogens is 296 g/mol. The van der Waals surface area contributed by atoms with Crippen LogP contribution in [0.15, 0.2) is 18.2 Å². The minimum atomic E-state index is -0.497. The van der Waals surface area contributed by atoms with Gasteiger partial charge in [-0.1, -0.05) is 5.21 Å². The first-order valence-corrected chi connectivity index (χ1v) is 7.87. The number of methoxy groups -OCH3 is 1. The predicted molar refractivity (Wildman–Crippen MR) is 83.9 cm³/mol. The molecule has 1 unspecified atom stereocenters. The Morgan fingerprint density at radius 3 is 2.91 bits per heavy atom. The molecule has 1 aliphatic heterocycles.